The summed E-state index contributed by atoms with van der Waals surface area (Å²) in [6.45, 7) is 4.09. The Morgan fingerprint density at radius 2 is 1.75 bits per heavy atom. The molecule has 3 aromatic heterocycles. The van der Waals surface area contributed by atoms with Crippen molar-refractivity contribution in [2.75, 3.05) is 25.0 Å². The maximum atomic E-state index is 14.0. The molecule has 1 saturated heterocycles. The number of alkyl halides is 4. The molecule has 1 unspecified atom stereocenters. The Kier molecular flexibility index (Phi) is 11.1. The van der Waals surface area contributed by atoms with Gasteiger partial charge in [-0.1, -0.05) is 24.3 Å². The summed E-state index contributed by atoms with van der Waals surface area (Å²) >= 11 is 0. The average molecular weight is 774 g/mol. The van der Waals surface area contributed by atoms with Crippen LogP contribution in [0.15, 0.2) is 65.2 Å². The predicted octanol–water partition coefficient (Wildman–Crippen LogP) is 7.78. The molecule has 0 spiro atoms. The Morgan fingerprint density at radius 1 is 1.00 bits per heavy atom. The fourth-order valence-corrected chi connectivity index (χ4v) is 7.00. The van der Waals surface area contributed by atoms with E-state index in [9.17, 15) is 32.6 Å². The summed E-state index contributed by atoms with van der Waals surface area (Å²) in [6.07, 6.45) is -1.41. The van der Waals surface area contributed by atoms with Crippen molar-refractivity contribution >= 4 is 39.6 Å². The van der Waals surface area contributed by atoms with E-state index >= 15 is 0 Å². The van der Waals surface area contributed by atoms with Crippen LogP contribution in [0.5, 0.6) is 5.75 Å². The van der Waals surface area contributed by atoms with Crippen LogP contribution in [0.2, 0.25) is 0 Å². The lowest BCUT2D eigenvalue weighted by molar-refractivity contribution is -0.141. The van der Waals surface area contributed by atoms with Crippen LogP contribution in [0.25, 0.3) is 44.7 Å². The number of aliphatic carboxylic acids is 1. The van der Waals surface area contributed by atoms with Crippen molar-refractivity contribution in [1.82, 2.24) is 30.2 Å². The molecule has 4 heterocycles. The van der Waals surface area contributed by atoms with Crippen LogP contribution in [0, 0.1) is 19.8 Å². The second-order valence-corrected chi connectivity index (χ2v) is 13.9. The molecule has 56 heavy (non-hydrogen) atoms. The number of hydrogen-bond donors (Lipinski definition) is 4. The number of pyridine rings is 1. The Morgan fingerprint density at radius 3 is 2.46 bits per heavy atom. The van der Waals surface area contributed by atoms with Crippen LogP contribution >= 0.6 is 0 Å². The number of aliphatic hydroxyl groups is 1. The molecule has 292 valence electrons. The molecule has 2 atom stereocenters. The number of aliphatic hydroxyl groups excluding tert-OH is 1. The molecule has 0 aliphatic carbocycles. The lowest BCUT2D eigenvalue weighted by Crippen LogP contribution is -2.23. The van der Waals surface area contributed by atoms with Crippen molar-refractivity contribution < 1.29 is 41.7 Å². The first kappa shape index (κ1) is 38.6. The number of halogens is 4. The number of anilines is 2. The minimum Gasteiger partial charge on any atom is -0.481 e. The van der Waals surface area contributed by atoms with Crippen LogP contribution in [0.3, 0.4) is 0 Å². The second kappa shape index (κ2) is 16.2. The lowest BCUT2D eigenvalue weighted by atomic mass is 9.93. The highest BCUT2D eigenvalue weighted by molar-refractivity contribution is 5.89. The van der Waals surface area contributed by atoms with Gasteiger partial charge in [-0.3, -0.25) is 14.7 Å². The van der Waals surface area contributed by atoms with E-state index in [4.69, 9.17) is 14.1 Å². The molecule has 0 amide bonds. The maximum Gasteiger partial charge on any atom is 0.387 e. The molecule has 0 radical (unpaired) electrons. The maximum absolute atomic E-state index is 14.0. The molecule has 4 N–H and O–H groups in total. The normalized spacial score (nSPS) is 15.4. The molecular weight excluding hydrogens is 734 g/mol. The number of fused-ring (bicyclic) bond motifs is 2. The Bertz CT molecular complexity index is 2410. The number of likely N-dealkylation sites (tertiary alicyclic amines) is 1. The van der Waals surface area contributed by atoms with Crippen molar-refractivity contribution in [3.8, 4) is 28.3 Å². The molecule has 6 aromatic rings. The van der Waals surface area contributed by atoms with E-state index in [1.807, 2.05) is 55.1 Å². The van der Waals surface area contributed by atoms with Gasteiger partial charge < -0.3 is 30.0 Å². The van der Waals surface area contributed by atoms with Gasteiger partial charge >= 0.3 is 12.6 Å². The van der Waals surface area contributed by atoms with E-state index in [1.165, 1.54) is 6.07 Å². The summed E-state index contributed by atoms with van der Waals surface area (Å²) < 4.78 is 65.9. The highest BCUT2D eigenvalue weighted by Crippen LogP contribution is 2.39. The molecular formula is C40H39F4N7O5. The molecule has 0 saturated carbocycles. The number of nitrogens with one attached hydrogen (secondary N) is 2. The standard InChI is InChI=1S/C40H39F4N7O5/c1-20(52)15-45-16-23-12-31-34(46-17-23)36(50-37(48-31)35(41)42)47-29-9-5-7-27(22(29)3)26-6-4-8-28(21(26)2)38-49-30-13-25(19-51-11-10-24(18-51)39(53)54)32(56-40(43)44)14-33(30)55-38/h4-9,12-14,17,20,24,35,40,45,52H,10-11,15-16,18-19H2,1-3H3,(H,53,54)(H,47,48,50)/t20-,24?/m1/s1. The first-order valence-electron chi connectivity index (χ1n) is 18.0. The third kappa shape index (κ3) is 8.27. The van der Waals surface area contributed by atoms with Crippen molar-refractivity contribution in [3.63, 3.8) is 0 Å². The van der Waals surface area contributed by atoms with Crippen LogP contribution in [0.1, 0.15) is 47.8 Å². The predicted molar refractivity (Wildman–Crippen MR) is 201 cm³/mol. The average Bonchev–Trinajstić information content (AvgIpc) is 3.79. The zero-order valence-electron chi connectivity index (χ0n) is 30.7. The van der Waals surface area contributed by atoms with E-state index in [0.29, 0.717) is 66.0 Å². The highest BCUT2D eigenvalue weighted by Gasteiger charge is 2.29. The molecule has 1 aliphatic heterocycles. The lowest BCUT2D eigenvalue weighted by Gasteiger charge is -2.17. The number of hydrogen-bond acceptors (Lipinski definition) is 11. The molecule has 16 heteroatoms. The van der Waals surface area contributed by atoms with Gasteiger partial charge in [0.05, 0.1) is 17.5 Å². The molecule has 0 bridgehead atoms. The van der Waals surface area contributed by atoms with Crippen LogP contribution in [-0.2, 0) is 17.9 Å². The van der Waals surface area contributed by atoms with E-state index in [1.54, 1.807) is 25.3 Å². The van der Waals surface area contributed by atoms with Crippen molar-refractivity contribution in [2.24, 2.45) is 5.92 Å². The summed E-state index contributed by atoms with van der Waals surface area (Å²) in [4.78, 5) is 30.8. The number of oxazole rings is 1. The van der Waals surface area contributed by atoms with Crippen LogP contribution in [-0.4, -0.2) is 73.4 Å². The van der Waals surface area contributed by atoms with E-state index in [-0.39, 0.29) is 35.1 Å². The number of rotatable bonds is 14. The molecule has 1 aliphatic rings. The van der Waals surface area contributed by atoms with Gasteiger partial charge in [-0.15, -0.1) is 0 Å². The number of nitrogens with zero attached hydrogens (tertiary/aromatic N) is 5. The monoisotopic (exact) mass is 773 g/mol. The molecule has 12 nitrogen and oxygen atoms in total. The van der Waals surface area contributed by atoms with Gasteiger partial charge in [0.25, 0.3) is 6.43 Å². The minimum absolute atomic E-state index is 0.0723. The van der Waals surface area contributed by atoms with E-state index in [0.717, 1.165) is 22.3 Å². The van der Waals surface area contributed by atoms with Gasteiger partial charge in [0, 0.05) is 55.3 Å². The molecule has 3 aromatic carbocycles. The second-order valence-electron chi connectivity index (χ2n) is 13.9. The molecule has 7 rings (SSSR count). The summed E-state index contributed by atoms with van der Waals surface area (Å²) in [5, 5.41) is 25.3. The number of benzene rings is 3. The number of carboxylic acid groups (broad SMARTS) is 1. The largest absolute Gasteiger partial charge is 0.481 e. The third-order valence-corrected chi connectivity index (χ3v) is 9.82. The first-order chi connectivity index (χ1) is 26.8. The zero-order valence-corrected chi connectivity index (χ0v) is 30.7. The fourth-order valence-electron chi connectivity index (χ4n) is 7.00. The Balaban J connectivity index is 1.20. The summed E-state index contributed by atoms with van der Waals surface area (Å²) in [5.74, 6) is -1.76. The van der Waals surface area contributed by atoms with Crippen molar-refractivity contribution in [3.05, 3.63) is 88.9 Å². The quantitative estimate of drug-likeness (QED) is 0.0798. The van der Waals surface area contributed by atoms with Gasteiger partial charge in [-0.25, -0.2) is 23.7 Å². The summed E-state index contributed by atoms with van der Waals surface area (Å²) in [6, 6.07) is 15.9. The topological polar surface area (TPSA) is 159 Å². The fraction of sp³-hybridized carbons (Fsp3) is 0.325. The Hall–Kier alpha value is -5.71. The van der Waals surface area contributed by atoms with E-state index in [2.05, 4.69) is 25.6 Å². The van der Waals surface area contributed by atoms with Crippen molar-refractivity contribution in [2.45, 2.75) is 59.4 Å². The summed E-state index contributed by atoms with van der Waals surface area (Å²) in [5.41, 5.74) is 6.89. The molecule has 1 fully saturated rings. The minimum atomic E-state index is -3.08. The summed E-state index contributed by atoms with van der Waals surface area (Å²) in [7, 11) is 0. The van der Waals surface area contributed by atoms with Gasteiger partial charge in [0.2, 0.25) is 5.89 Å². The number of carbonyl (C=O) groups is 1. The van der Waals surface area contributed by atoms with Crippen molar-refractivity contribution in [1.29, 1.82) is 0 Å². The van der Waals surface area contributed by atoms with Gasteiger partial charge in [0.1, 0.15) is 16.8 Å². The van der Waals surface area contributed by atoms with E-state index < -0.39 is 36.9 Å². The first-order valence-corrected chi connectivity index (χ1v) is 18.0. The highest BCUT2D eigenvalue weighted by atomic mass is 19.3. The van der Waals surface area contributed by atoms with Crippen LogP contribution in [0.4, 0.5) is 29.1 Å². The zero-order chi connectivity index (χ0) is 39.7. The number of aromatic nitrogens is 4. The van der Waals surface area contributed by atoms with Crippen LogP contribution < -0.4 is 15.4 Å². The van der Waals surface area contributed by atoms with Gasteiger partial charge in [0.15, 0.2) is 17.2 Å². The smallest absolute Gasteiger partial charge is 0.387 e. The Labute approximate surface area is 318 Å². The number of carboxylic acids is 1. The SMILES string of the molecule is Cc1c(Nc2nc(C(F)F)nc3cc(CNC[C@@H](C)O)cnc23)cccc1-c1cccc(-c2nc3cc(CN4CCC(C(=O)O)C4)c(OC(F)F)cc3o2)c1C. The van der Waals surface area contributed by atoms with Gasteiger partial charge in [-0.05, 0) is 85.8 Å². The van der Waals surface area contributed by atoms with Gasteiger partial charge in [-0.2, -0.15) is 8.78 Å². The third-order valence-electron chi connectivity index (χ3n) is 9.82. The number of ether oxygens (including phenoxy) is 1.